The van der Waals surface area contributed by atoms with E-state index in [0.717, 1.165) is 12.3 Å². The molecule has 0 spiro atoms. The predicted octanol–water partition coefficient (Wildman–Crippen LogP) is 4.17. The molecule has 21 heavy (non-hydrogen) atoms. The third-order valence-electron chi connectivity index (χ3n) is 7.82. The lowest BCUT2D eigenvalue weighted by Gasteiger charge is -2.58. The summed E-state index contributed by atoms with van der Waals surface area (Å²) in [5.74, 6) is 2.93. The molecule has 0 amide bonds. The van der Waals surface area contributed by atoms with Gasteiger partial charge in [-0.1, -0.05) is 26.7 Å². The normalized spacial score (nSPS) is 53.0. The molecule has 4 fully saturated rings. The maximum absolute atomic E-state index is 13.0. The highest BCUT2D eigenvalue weighted by Gasteiger charge is 2.61. The molecule has 0 unspecified atom stereocenters. The number of hydrogen-bond donors (Lipinski definition) is 0. The molecular formula is C19H28O2. The lowest BCUT2D eigenvalue weighted by atomic mass is 9.45. The molecule has 6 atom stereocenters. The molecule has 0 aromatic carbocycles. The van der Waals surface area contributed by atoms with Crippen LogP contribution in [0.5, 0.6) is 0 Å². The predicted molar refractivity (Wildman–Crippen MR) is 81.7 cm³/mol. The Kier molecular flexibility index (Phi) is 2.94. The van der Waals surface area contributed by atoms with Crippen LogP contribution in [-0.2, 0) is 9.59 Å². The van der Waals surface area contributed by atoms with Crippen molar-refractivity contribution < 1.29 is 9.59 Å². The smallest absolute Gasteiger partial charge is 0.137 e. The number of fused-ring (bicyclic) bond motifs is 5. The van der Waals surface area contributed by atoms with Crippen molar-refractivity contribution in [2.75, 3.05) is 0 Å². The van der Waals surface area contributed by atoms with Crippen molar-refractivity contribution in [1.82, 2.24) is 0 Å². The zero-order valence-corrected chi connectivity index (χ0v) is 13.5. The number of Topliss-reactive ketones (excluding diaryl/α,β-unsaturated/α-hetero) is 2. The molecule has 0 N–H and O–H groups in total. The number of carbonyl (C=O) groups excluding carboxylic acids is 2. The fourth-order valence-corrected chi connectivity index (χ4v) is 6.92. The van der Waals surface area contributed by atoms with E-state index < -0.39 is 0 Å². The maximum Gasteiger partial charge on any atom is 0.137 e. The SMILES string of the molecule is C[C@]12CC(=O)C[C@@H]1[C@@H]1CC[C@H]3CCCC[C@@]3(C)[C@H]1C(=O)C2. The van der Waals surface area contributed by atoms with Crippen LogP contribution < -0.4 is 0 Å². The fourth-order valence-electron chi connectivity index (χ4n) is 6.92. The van der Waals surface area contributed by atoms with Gasteiger partial charge in [0, 0.05) is 25.2 Å². The molecule has 0 saturated heterocycles. The number of carbonyl (C=O) groups is 2. The van der Waals surface area contributed by atoms with Gasteiger partial charge in [0.15, 0.2) is 0 Å². The van der Waals surface area contributed by atoms with Crippen molar-refractivity contribution in [1.29, 1.82) is 0 Å². The van der Waals surface area contributed by atoms with E-state index in [2.05, 4.69) is 13.8 Å². The monoisotopic (exact) mass is 288 g/mol. The first-order valence-electron chi connectivity index (χ1n) is 8.98. The lowest BCUT2D eigenvalue weighted by molar-refractivity contribution is -0.155. The second-order valence-corrected chi connectivity index (χ2v) is 8.99. The summed E-state index contributed by atoms with van der Waals surface area (Å²) in [4.78, 5) is 25.1. The molecule has 4 rings (SSSR count). The summed E-state index contributed by atoms with van der Waals surface area (Å²) in [5, 5.41) is 0. The Balaban J connectivity index is 1.72. The summed E-state index contributed by atoms with van der Waals surface area (Å²) in [7, 11) is 0. The third-order valence-corrected chi connectivity index (χ3v) is 7.82. The molecule has 0 aromatic rings. The Bertz CT molecular complexity index is 496. The fraction of sp³-hybridized carbons (Fsp3) is 0.895. The molecule has 2 heteroatoms. The van der Waals surface area contributed by atoms with Crippen LogP contribution in [0.15, 0.2) is 0 Å². The van der Waals surface area contributed by atoms with Crippen LogP contribution >= 0.6 is 0 Å². The van der Waals surface area contributed by atoms with Crippen LogP contribution in [0.2, 0.25) is 0 Å². The van der Waals surface area contributed by atoms with Crippen molar-refractivity contribution >= 4 is 11.6 Å². The van der Waals surface area contributed by atoms with Gasteiger partial charge in [-0.3, -0.25) is 9.59 Å². The second kappa shape index (κ2) is 4.43. The van der Waals surface area contributed by atoms with Gasteiger partial charge in [0.2, 0.25) is 0 Å². The first kappa shape index (κ1) is 14.0. The second-order valence-electron chi connectivity index (χ2n) is 8.99. The summed E-state index contributed by atoms with van der Waals surface area (Å²) in [5.41, 5.74) is 0.235. The van der Waals surface area contributed by atoms with E-state index in [0.29, 0.717) is 36.2 Å². The van der Waals surface area contributed by atoms with Gasteiger partial charge < -0.3 is 0 Å². The van der Waals surface area contributed by atoms with Crippen LogP contribution in [0, 0.1) is 34.5 Å². The average molecular weight is 288 g/mol. The summed E-state index contributed by atoms with van der Waals surface area (Å²) < 4.78 is 0. The Morgan fingerprint density at radius 1 is 1.00 bits per heavy atom. The van der Waals surface area contributed by atoms with Crippen LogP contribution in [-0.4, -0.2) is 11.6 Å². The lowest BCUT2D eigenvalue weighted by Crippen LogP contribution is -2.55. The molecular weight excluding hydrogens is 260 g/mol. The van der Waals surface area contributed by atoms with Gasteiger partial charge >= 0.3 is 0 Å². The zero-order chi connectivity index (χ0) is 14.8. The molecule has 4 saturated carbocycles. The first-order chi connectivity index (χ1) is 9.94. The highest BCUT2D eigenvalue weighted by molar-refractivity contribution is 5.89. The van der Waals surface area contributed by atoms with Gasteiger partial charge in [0.25, 0.3) is 0 Å². The van der Waals surface area contributed by atoms with Gasteiger partial charge in [0.05, 0.1) is 0 Å². The molecule has 4 aliphatic rings. The summed E-state index contributed by atoms with van der Waals surface area (Å²) >= 11 is 0. The largest absolute Gasteiger partial charge is 0.300 e. The number of ketones is 2. The van der Waals surface area contributed by atoms with E-state index in [1.807, 2.05) is 0 Å². The van der Waals surface area contributed by atoms with E-state index >= 15 is 0 Å². The van der Waals surface area contributed by atoms with Gasteiger partial charge in [-0.15, -0.1) is 0 Å². The summed E-state index contributed by atoms with van der Waals surface area (Å²) in [6, 6.07) is 0. The van der Waals surface area contributed by atoms with E-state index in [4.69, 9.17) is 0 Å². The van der Waals surface area contributed by atoms with Crippen LogP contribution in [0.1, 0.15) is 71.6 Å². The maximum atomic E-state index is 13.0. The van der Waals surface area contributed by atoms with E-state index in [1.54, 1.807) is 0 Å². The van der Waals surface area contributed by atoms with E-state index in [9.17, 15) is 9.59 Å². The van der Waals surface area contributed by atoms with Crippen LogP contribution in [0.4, 0.5) is 0 Å². The minimum Gasteiger partial charge on any atom is -0.300 e. The van der Waals surface area contributed by atoms with Crippen molar-refractivity contribution in [3.8, 4) is 0 Å². The van der Waals surface area contributed by atoms with Crippen molar-refractivity contribution in [2.24, 2.45) is 34.5 Å². The van der Waals surface area contributed by atoms with Gasteiger partial charge in [-0.25, -0.2) is 0 Å². The molecule has 0 aliphatic heterocycles. The summed E-state index contributed by atoms with van der Waals surface area (Å²) in [6.07, 6.45) is 9.80. The quantitative estimate of drug-likeness (QED) is 0.670. The van der Waals surface area contributed by atoms with Crippen LogP contribution in [0.3, 0.4) is 0 Å². The van der Waals surface area contributed by atoms with Gasteiger partial charge in [0.1, 0.15) is 11.6 Å². The molecule has 0 heterocycles. The average Bonchev–Trinajstić information content (AvgIpc) is 2.71. The van der Waals surface area contributed by atoms with Crippen molar-refractivity contribution in [3.05, 3.63) is 0 Å². The van der Waals surface area contributed by atoms with Gasteiger partial charge in [-0.05, 0) is 54.3 Å². The molecule has 0 radical (unpaired) electrons. The molecule has 0 bridgehead atoms. The van der Waals surface area contributed by atoms with Gasteiger partial charge in [-0.2, -0.15) is 0 Å². The van der Waals surface area contributed by atoms with E-state index in [1.165, 1.54) is 38.5 Å². The molecule has 116 valence electrons. The molecule has 4 aliphatic carbocycles. The third kappa shape index (κ3) is 1.83. The standard InChI is InChI=1S/C19H28O2/c1-18-10-13(20)9-15(18)14-7-6-12-5-3-4-8-19(12,2)17(14)16(21)11-18/h12,14-15,17H,3-11H2,1-2H3/t12-,14+,15-,17-,18-,19-/m1/s1. The molecule has 0 aromatic heterocycles. The zero-order valence-electron chi connectivity index (χ0n) is 13.5. The summed E-state index contributed by atoms with van der Waals surface area (Å²) in [6.45, 7) is 4.62. The van der Waals surface area contributed by atoms with E-state index in [-0.39, 0.29) is 16.7 Å². The minimum atomic E-state index is -0.00675. The Hall–Kier alpha value is -0.660. The highest BCUT2D eigenvalue weighted by atomic mass is 16.1. The van der Waals surface area contributed by atoms with Crippen LogP contribution in [0.25, 0.3) is 0 Å². The Morgan fingerprint density at radius 2 is 1.81 bits per heavy atom. The first-order valence-corrected chi connectivity index (χ1v) is 8.98. The van der Waals surface area contributed by atoms with Crippen molar-refractivity contribution in [3.63, 3.8) is 0 Å². The number of rotatable bonds is 0. The Morgan fingerprint density at radius 3 is 2.62 bits per heavy atom. The van der Waals surface area contributed by atoms with Crippen molar-refractivity contribution in [2.45, 2.75) is 71.6 Å². The number of hydrogen-bond acceptors (Lipinski definition) is 2. The molecule has 2 nitrogen and oxygen atoms in total. The highest BCUT2D eigenvalue weighted by Crippen LogP contribution is 2.64. The minimum absolute atomic E-state index is 0.00675. The Labute approximate surface area is 128 Å². The topological polar surface area (TPSA) is 34.1 Å².